The van der Waals surface area contributed by atoms with E-state index in [0.29, 0.717) is 18.7 Å². The molecule has 3 heteroatoms. The number of hydroxylamine groups is 2. The first-order chi connectivity index (χ1) is 12.2. The number of hydrogen-bond donors (Lipinski definition) is 0. The molecule has 3 nitrogen and oxygen atoms in total. The highest BCUT2D eigenvalue weighted by Crippen LogP contribution is 2.15. The van der Waals surface area contributed by atoms with Gasteiger partial charge >= 0.3 is 5.97 Å². The lowest BCUT2D eigenvalue weighted by atomic mass is 10.1. The van der Waals surface area contributed by atoms with E-state index in [1.165, 1.54) is 5.56 Å². The second kappa shape index (κ2) is 8.27. The van der Waals surface area contributed by atoms with Gasteiger partial charge in [0.15, 0.2) is 0 Å². The molecule has 0 unspecified atom stereocenters. The van der Waals surface area contributed by atoms with Crippen molar-refractivity contribution in [2.75, 3.05) is 0 Å². The molecule has 126 valence electrons. The average Bonchev–Trinajstić information content (AvgIpc) is 2.65. The molecule has 0 saturated heterocycles. The summed E-state index contributed by atoms with van der Waals surface area (Å²) in [5, 5.41) is 1.72. The van der Waals surface area contributed by atoms with Crippen LogP contribution in [-0.2, 0) is 17.9 Å². The first-order valence-corrected chi connectivity index (χ1v) is 8.33. The predicted octanol–water partition coefficient (Wildman–Crippen LogP) is 4.77. The fraction of sp³-hybridized carbons (Fsp3) is 0.136. The van der Waals surface area contributed by atoms with Crippen LogP contribution >= 0.6 is 0 Å². The van der Waals surface area contributed by atoms with E-state index in [-0.39, 0.29) is 5.97 Å². The van der Waals surface area contributed by atoms with Crippen LogP contribution in [0.2, 0.25) is 0 Å². The minimum absolute atomic E-state index is 0.342. The van der Waals surface area contributed by atoms with Gasteiger partial charge in [-0.3, -0.25) is 0 Å². The van der Waals surface area contributed by atoms with Gasteiger partial charge in [-0.15, -0.1) is 5.06 Å². The Morgan fingerprint density at radius 2 is 1.40 bits per heavy atom. The molecular formula is C22H21NO2. The number of aryl methyl sites for hydroxylation is 1. The molecule has 0 saturated carbocycles. The number of hydrogen-bond acceptors (Lipinski definition) is 3. The summed E-state index contributed by atoms with van der Waals surface area (Å²) in [5.41, 5.74) is 3.96. The summed E-state index contributed by atoms with van der Waals surface area (Å²) < 4.78 is 0. The summed E-state index contributed by atoms with van der Waals surface area (Å²) in [6.45, 7) is 3.14. The highest BCUT2D eigenvalue weighted by Gasteiger charge is 2.15. The van der Waals surface area contributed by atoms with E-state index in [1.807, 2.05) is 60.7 Å². The maximum atomic E-state index is 12.5. The highest BCUT2D eigenvalue weighted by molar-refractivity contribution is 5.89. The van der Waals surface area contributed by atoms with Crippen LogP contribution in [0.4, 0.5) is 0 Å². The number of carbonyl (C=O) groups excluding carboxylic acids is 1. The molecule has 25 heavy (non-hydrogen) atoms. The van der Waals surface area contributed by atoms with E-state index in [0.717, 1.165) is 11.1 Å². The van der Waals surface area contributed by atoms with Crippen LogP contribution in [0.5, 0.6) is 0 Å². The van der Waals surface area contributed by atoms with Crippen molar-refractivity contribution >= 4 is 5.97 Å². The molecule has 0 heterocycles. The third-order valence-corrected chi connectivity index (χ3v) is 4.03. The Labute approximate surface area is 148 Å². The van der Waals surface area contributed by atoms with Gasteiger partial charge in [-0.25, -0.2) is 4.79 Å². The Morgan fingerprint density at radius 3 is 2.08 bits per heavy atom. The van der Waals surface area contributed by atoms with Gasteiger partial charge in [0.05, 0.1) is 18.7 Å². The molecule has 3 aromatic carbocycles. The summed E-state index contributed by atoms with van der Waals surface area (Å²) in [6.07, 6.45) is 0. The van der Waals surface area contributed by atoms with E-state index in [9.17, 15) is 4.79 Å². The quantitative estimate of drug-likeness (QED) is 0.609. The van der Waals surface area contributed by atoms with Crippen LogP contribution < -0.4 is 0 Å². The number of nitrogens with zero attached hydrogens (tertiary/aromatic N) is 1. The zero-order valence-electron chi connectivity index (χ0n) is 14.3. The monoisotopic (exact) mass is 331 g/mol. The summed E-state index contributed by atoms with van der Waals surface area (Å²) in [6, 6.07) is 27.2. The fourth-order valence-electron chi connectivity index (χ4n) is 2.63. The Hall–Kier alpha value is -2.91. The summed E-state index contributed by atoms with van der Waals surface area (Å²) in [4.78, 5) is 18.2. The highest BCUT2D eigenvalue weighted by atomic mass is 16.7. The molecule has 0 radical (unpaired) electrons. The normalized spacial score (nSPS) is 10.6. The van der Waals surface area contributed by atoms with Crippen LogP contribution in [0.25, 0.3) is 0 Å². The summed E-state index contributed by atoms with van der Waals surface area (Å²) >= 11 is 0. The molecule has 0 aliphatic carbocycles. The van der Waals surface area contributed by atoms with Gasteiger partial charge in [-0.05, 0) is 35.7 Å². The second-order valence-corrected chi connectivity index (χ2v) is 5.95. The van der Waals surface area contributed by atoms with Crippen molar-refractivity contribution in [3.05, 3.63) is 107 Å². The van der Waals surface area contributed by atoms with E-state index < -0.39 is 0 Å². The van der Waals surface area contributed by atoms with Crippen LogP contribution in [0, 0.1) is 6.92 Å². The third kappa shape index (κ3) is 4.78. The minimum Gasteiger partial charge on any atom is -0.363 e. The minimum atomic E-state index is -0.342. The number of benzene rings is 3. The van der Waals surface area contributed by atoms with E-state index >= 15 is 0 Å². The number of rotatable bonds is 6. The molecule has 0 atom stereocenters. The van der Waals surface area contributed by atoms with Crippen molar-refractivity contribution in [1.29, 1.82) is 0 Å². The van der Waals surface area contributed by atoms with Crippen LogP contribution in [0.1, 0.15) is 27.0 Å². The van der Waals surface area contributed by atoms with Crippen molar-refractivity contribution in [1.82, 2.24) is 5.06 Å². The Morgan fingerprint density at radius 1 is 0.800 bits per heavy atom. The zero-order valence-corrected chi connectivity index (χ0v) is 14.3. The fourth-order valence-corrected chi connectivity index (χ4v) is 2.63. The molecule has 3 rings (SSSR count). The van der Waals surface area contributed by atoms with E-state index in [4.69, 9.17) is 4.84 Å². The predicted molar refractivity (Wildman–Crippen MR) is 98.7 cm³/mol. The van der Waals surface area contributed by atoms with Crippen molar-refractivity contribution < 1.29 is 9.63 Å². The number of carbonyl (C=O) groups is 1. The van der Waals surface area contributed by atoms with Crippen molar-refractivity contribution in [3.63, 3.8) is 0 Å². The first-order valence-electron chi connectivity index (χ1n) is 8.33. The van der Waals surface area contributed by atoms with Crippen molar-refractivity contribution in [2.24, 2.45) is 0 Å². The Kier molecular flexibility index (Phi) is 5.60. The maximum absolute atomic E-state index is 12.5. The molecule has 0 fully saturated rings. The zero-order chi connectivity index (χ0) is 17.5. The van der Waals surface area contributed by atoms with Gasteiger partial charge in [0, 0.05) is 0 Å². The van der Waals surface area contributed by atoms with Crippen molar-refractivity contribution in [2.45, 2.75) is 20.0 Å². The van der Waals surface area contributed by atoms with E-state index in [2.05, 4.69) is 19.1 Å². The Bertz CT molecular complexity index is 816. The molecule has 3 aromatic rings. The summed E-state index contributed by atoms with van der Waals surface area (Å²) in [5.74, 6) is -0.342. The lowest BCUT2D eigenvalue weighted by Crippen LogP contribution is -2.27. The third-order valence-electron chi connectivity index (χ3n) is 4.03. The van der Waals surface area contributed by atoms with Gasteiger partial charge in [0.1, 0.15) is 0 Å². The molecule has 0 aliphatic rings. The largest absolute Gasteiger partial charge is 0.363 e. The lowest BCUT2D eigenvalue weighted by molar-refractivity contribution is -0.123. The molecule has 0 amide bonds. The van der Waals surface area contributed by atoms with Gasteiger partial charge in [0.2, 0.25) is 0 Å². The molecule has 0 bridgehead atoms. The molecule has 0 spiro atoms. The summed E-state index contributed by atoms with van der Waals surface area (Å²) in [7, 11) is 0. The lowest BCUT2D eigenvalue weighted by Gasteiger charge is -2.22. The maximum Gasteiger partial charge on any atom is 0.357 e. The van der Waals surface area contributed by atoms with Gasteiger partial charge in [0.25, 0.3) is 0 Å². The van der Waals surface area contributed by atoms with Crippen molar-refractivity contribution in [3.8, 4) is 0 Å². The SMILES string of the molecule is Cc1ccccc1CN(Cc1ccccc1)OC(=O)c1ccccc1. The molecule has 0 aromatic heterocycles. The van der Waals surface area contributed by atoms with Gasteiger partial charge in [-0.2, -0.15) is 0 Å². The second-order valence-electron chi connectivity index (χ2n) is 5.95. The molecule has 0 aliphatic heterocycles. The van der Waals surface area contributed by atoms with Crippen LogP contribution in [-0.4, -0.2) is 11.0 Å². The first kappa shape index (κ1) is 16.9. The van der Waals surface area contributed by atoms with Gasteiger partial charge < -0.3 is 4.84 Å². The average molecular weight is 331 g/mol. The molecular weight excluding hydrogens is 310 g/mol. The molecule has 0 N–H and O–H groups in total. The Balaban J connectivity index is 1.78. The topological polar surface area (TPSA) is 29.5 Å². The van der Waals surface area contributed by atoms with E-state index in [1.54, 1.807) is 17.2 Å². The van der Waals surface area contributed by atoms with Crippen LogP contribution in [0.3, 0.4) is 0 Å². The van der Waals surface area contributed by atoms with Crippen LogP contribution in [0.15, 0.2) is 84.9 Å². The standard InChI is InChI=1S/C22H21NO2/c1-18-10-8-9-15-21(18)17-23(16-19-11-4-2-5-12-19)25-22(24)20-13-6-3-7-14-20/h2-15H,16-17H2,1H3. The van der Waals surface area contributed by atoms with Gasteiger partial charge in [-0.1, -0.05) is 72.8 Å². The smallest absolute Gasteiger partial charge is 0.357 e.